The van der Waals surface area contributed by atoms with Gasteiger partial charge in [0.15, 0.2) is 0 Å². The molecule has 1 aliphatic rings. The van der Waals surface area contributed by atoms with E-state index in [1.54, 1.807) is 24.3 Å². The van der Waals surface area contributed by atoms with Gasteiger partial charge in [-0.15, -0.1) is 0 Å². The van der Waals surface area contributed by atoms with Crippen LogP contribution in [0.2, 0.25) is 0 Å². The summed E-state index contributed by atoms with van der Waals surface area (Å²) in [5.41, 5.74) is 0.849. The predicted molar refractivity (Wildman–Crippen MR) is 79.0 cm³/mol. The van der Waals surface area contributed by atoms with E-state index in [2.05, 4.69) is 0 Å². The molecular weight excluding hydrogens is 315 g/mol. The van der Waals surface area contributed by atoms with E-state index < -0.39 is 11.9 Å². The first-order chi connectivity index (χ1) is 10.4. The average Bonchev–Trinajstić information content (AvgIpc) is 2.70. The molecule has 1 aromatic rings. The van der Waals surface area contributed by atoms with Gasteiger partial charge in [0.1, 0.15) is 0 Å². The number of nitrogens with zero attached hydrogens (tertiary/aromatic N) is 1. The van der Waals surface area contributed by atoms with Crippen molar-refractivity contribution in [1.82, 2.24) is 4.90 Å². The Morgan fingerprint density at radius 1 is 0.955 bits per heavy atom. The van der Waals surface area contributed by atoms with Crippen LogP contribution in [0.5, 0.6) is 0 Å². The number of imide groups is 1. The van der Waals surface area contributed by atoms with Crippen LogP contribution in [-0.2, 0) is 0 Å². The second-order valence-electron chi connectivity index (χ2n) is 5.04. The van der Waals surface area contributed by atoms with E-state index in [0.717, 1.165) is 11.8 Å². The van der Waals surface area contributed by atoms with Crippen LogP contribution in [0.4, 0.5) is 13.2 Å². The number of benzene rings is 1. The van der Waals surface area contributed by atoms with Gasteiger partial charge < -0.3 is 0 Å². The second kappa shape index (κ2) is 7.17. The predicted octanol–water partition coefficient (Wildman–Crippen LogP) is 3.75. The molecule has 1 heterocycles. The molecule has 2 rings (SSSR count). The number of amides is 2. The van der Waals surface area contributed by atoms with Crippen molar-refractivity contribution in [2.45, 2.75) is 25.4 Å². The summed E-state index contributed by atoms with van der Waals surface area (Å²) < 4.78 is 35.8. The molecule has 7 heteroatoms. The Morgan fingerprint density at radius 3 is 2.09 bits per heavy atom. The Kier molecular flexibility index (Phi) is 5.50. The highest BCUT2D eigenvalue weighted by molar-refractivity contribution is 7.99. The van der Waals surface area contributed by atoms with Crippen molar-refractivity contribution in [1.29, 1.82) is 0 Å². The topological polar surface area (TPSA) is 37.4 Å². The quantitative estimate of drug-likeness (QED) is 0.564. The zero-order valence-corrected chi connectivity index (χ0v) is 12.7. The standard InChI is InChI=1S/C15H16F3NO2S/c16-15(17,18)10-22-9-5-1-4-8-19-13(20)11-6-2-3-7-12(11)14(19)21/h2-3,6-7H,1,4-5,8-10H2. The summed E-state index contributed by atoms with van der Waals surface area (Å²) in [6.45, 7) is 0.316. The third-order valence-electron chi connectivity index (χ3n) is 3.31. The Hall–Kier alpha value is -1.50. The van der Waals surface area contributed by atoms with E-state index in [1.165, 1.54) is 4.90 Å². The van der Waals surface area contributed by atoms with E-state index >= 15 is 0 Å². The molecule has 0 bridgehead atoms. The van der Waals surface area contributed by atoms with E-state index in [9.17, 15) is 22.8 Å². The van der Waals surface area contributed by atoms with E-state index in [-0.39, 0.29) is 11.8 Å². The Labute approximate surface area is 130 Å². The average molecular weight is 331 g/mol. The third-order valence-corrected chi connectivity index (χ3v) is 4.42. The largest absolute Gasteiger partial charge is 0.397 e. The Balaban J connectivity index is 1.69. The monoisotopic (exact) mass is 331 g/mol. The molecule has 0 fully saturated rings. The van der Waals surface area contributed by atoms with E-state index in [1.807, 2.05) is 0 Å². The molecule has 0 radical (unpaired) electrons. The fraction of sp³-hybridized carbons (Fsp3) is 0.467. The first-order valence-electron chi connectivity index (χ1n) is 7.00. The molecule has 0 aliphatic carbocycles. The minimum Gasteiger partial charge on any atom is -0.274 e. The van der Waals surface area contributed by atoms with Gasteiger partial charge in [0, 0.05) is 6.54 Å². The number of halogens is 3. The normalized spacial score (nSPS) is 14.6. The van der Waals surface area contributed by atoms with Gasteiger partial charge in [-0.05, 0) is 30.7 Å². The smallest absolute Gasteiger partial charge is 0.274 e. The maximum absolute atomic E-state index is 12.1. The summed E-state index contributed by atoms with van der Waals surface area (Å²) in [5, 5.41) is 0. The summed E-state index contributed by atoms with van der Waals surface area (Å²) >= 11 is 0.861. The van der Waals surface area contributed by atoms with Gasteiger partial charge in [0.25, 0.3) is 11.8 Å². The number of hydrogen-bond donors (Lipinski definition) is 0. The van der Waals surface area contributed by atoms with Gasteiger partial charge in [-0.1, -0.05) is 18.6 Å². The molecular formula is C15H16F3NO2S. The van der Waals surface area contributed by atoms with Crippen LogP contribution in [0.25, 0.3) is 0 Å². The van der Waals surface area contributed by atoms with Crippen molar-refractivity contribution in [2.24, 2.45) is 0 Å². The number of unbranched alkanes of at least 4 members (excludes halogenated alkanes) is 2. The molecule has 0 N–H and O–H groups in total. The highest BCUT2D eigenvalue weighted by Gasteiger charge is 2.34. The summed E-state index contributed by atoms with van der Waals surface area (Å²) in [6, 6.07) is 6.68. The summed E-state index contributed by atoms with van der Waals surface area (Å²) in [4.78, 5) is 25.3. The van der Waals surface area contributed by atoms with Crippen molar-refractivity contribution in [3.63, 3.8) is 0 Å². The van der Waals surface area contributed by atoms with Gasteiger partial charge in [0.05, 0.1) is 16.9 Å². The van der Waals surface area contributed by atoms with Crippen LogP contribution >= 0.6 is 11.8 Å². The number of carbonyl (C=O) groups is 2. The maximum atomic E-state index is 12.1. The van der Waals surface area contributed by atoms with Crippen molar-refractivity contribution in [3.05, 3.63) is 35.4 Å². The van der Waals surface area contributed by atoms with Crippen molar-refractivity contribution in [2.75, 3.05) is 18.1 Å². The number of thioether (sulfide) groups is 1. The van der Waals surface area contributed by atoms with Gasteiger partial charge in [-0.25, -0.2) is 0 Å². The molecule has 0 saturated carbocycles. The van der Waals surface area contributed by atoms with Crippen LogP contribution in [0.1, 0.15) is 40.0 Å². The SMILES string of the molecule is O=C1c2ccccc2C(=O)N1CCCCCSCC(F)(F)F. The fourth-order valence-electron chi connectivity index (χ4n) is 2.28. The van der Waals surface area contributed by atoms with Crippen molar-refractivity contribution < 1.29 is 22.8 Å². The Bertz CT molecular complexity index is 525. The first kappa shape index (κ1) is 16.9. The molecule has 120 valence electrons. The molecule has 0 aromatic heterocycles. The zero-order valence-electron chi connectivity index (χ0n) is 11.9. The lowest BCUT2D eigenvalue weighted by Gasteiger charge is -2.13. The summed E-state index contributed by atoms with van der Waals surface area (Å²) in [5.74, 6) is -0.966. The maximum Gasteiger partial charge on any atom is 0.397 e. The number of hydrogen-bond acceptors (Lipinski definition) is 3. The highest BCUT2D eigenvalue weighted by Crippen LogP contribution is 2.24. The van der Waals surface area contributed by atoms with Crippen LogP contribution in [0.3, 0.4) is 0 Å². The van der Waals surface area contributed by atoms with E-state index in [0.29, 0.717) is 42.7 Å². The summed E-state index contributed by atoms with van der Waals surface area (Å²) in [7, 11) is 0. The molecule has 2 amide bonds. The molecule has 22 heavy (non-hydrogen) atoms. The van der Waals surface area contributed by atoms with Crippen LogP contribution in [0.15, 0.2) is 24.3 Å². The number of rotatable bonds is 7. The van der Waals surface area contributed by atoms with Gasteiger partial charge in [-0.2, -0.15) is 24.9 Å². The van der Waals surface area contributed by atoms with Crippen LogP contribution in [-0.4, -0.2) is 40.9 Å². The highest BCUT2D eigenvalue weighted by atomic mass is 32.2. The molecule has 0 spiro atoms. The van der Waals surface area contributed by atoms with Gasteiger partial charge in [-0.3, -0.25) is 14.5 Å². The Morgan fingerprint density at radius 2 is 1.55 bits per heavy atom. The minimum absolute atomic E-state index is 0.285. The first-order valence-corrected chi connectivity index (χ1v) is 8.15. The van der Waals surface area contributed by atoms with Crippen molar-refractivity contribution >= 4 is 23.6 Å². The number of carbonyl (C=O) groups excluding carboxylic acids is 2. The van der Waals surface area contributed by atoms with Crippen LogP contribution in [0, 0.1) is 0 Å². The number of alkyl halides is 3. The fourth-order valence-corrected chi connectivity index (χ4v) is 3.06. The molecule has 0 saturated heterocycles. The molecule has 0 atom stereocenters. The van der Waals surface area contributed by atoms with E-state index in [4.69, 9.17) is 0 Å². The molecule has 3 nitrogen and oxygen atoms in total. The minimum atomic E-state index is -4.12. The van der Waals surface area contributed by atoms with Gasteiger partial charge >= 0.3 is 6.18 Å². The van der Waals surface area contributed by atoms with Crippen LogP contribution < -0.4 is 0 Å². The molecule has 1 aliphatic heterocycles. The number of fused-ring (bicyclic) bond motifs is 1. The lowest BCUT2D eigenvalue weighted by atomic mass is 10.1. The molecule has 1 aromatic carbocycles. The lowest BCUT2D eigenvalue weighted by molar-refractivity contribution is -0.105. The van der Waals surface area contributed by atoms with Gasteiger partial charge in [0.2, 0.25) is 0 Å². The zero-order chi connectivity index (χ0) is 16.2. The second-order valence-corrected chi connectivity index (χ2v) is 6.14. The molecule has 0 unspecified atom stereocenters. The summed E-state index contributed by atoms with van der Waals surface area (Å²) in [6.07, 6.45) is -2.18. The third kappa shape index (κ3) is 4.25. The van der Waals surface area contributed by atoms with Crippen molar-refractivity contribution in [3.8, 4) is 0 Å². The lowest BCUT2D eigenvalue weighted by Crippen LogP contribution is -2.30.